The number of alkyl halides is 1. The Kier molecular flexibility index (Phi) is 5.07. The van der Waals surface area contributed by atoms with Crippen LogP contribution in [0, 0.1) is 0 Å². The Labute approximate surface area is 132 Å². The van der Waals surface area contributed by atoms with Crippen molar-refractivity contribution in [2.75, 3.05) is 10.6 Å². The molecule has 2 aromatic rings. The summed E-state index contributed by atoms with van der Waals surface area (Å²) in [7, 11) is -3.59. The van der Waals surface area contributed by atoms with E-state index in [2.05, 4.69) is 20.7 Å². The van der Waals surface area contributed by atoms with Crippen LogP contribution >= 0.6 is 27.5 Å². The third-order valence-electron chi connectivity index (χ3n) is 2.72. The molecule has 0 heterocycles. The quantitative estimate of drug-likeness (QED) is 0.803. The van der Waals surface area contributed by atoms with Crippen LogP contribution in [0.25, 0.3) is 0 Å². The van der Waals surface area contributed by atoms with Gasteiger partial charge in [0.25, 0.3) is 10.0 Å². The molecule has 2 rings (SSSR count). The van der Waals surface area contributed by atoms with Crippen molar-refractivity contribution in [1.29, 1.82) is 0 Å². The summed E-state index contributed by atoms with van der Waals surface area (Å²) in [6.07, 6.45) is 0.763. The average Bonchev–Trinajstić information content (AvgIpc) is 2.41. The van der Waals surface area contributed by atoms with Crippen molar-refractivity contribution in [1.82, 2.24) is 0 Å². The first-order valence-corrected chi connectivity index (χ1v) is 8.76. The van der Waals surface area contributed by atoms with E-state index in [0.717, 1.165) is 12.0 Å². The van der Waals surface area contributed by atoms with Gasteiger partial charge in [-0.3, -0.25) is 4.72 Å². The second kappa shape index (κ2) is 6.61. The molecule has 1 N–H and O–H groups in total. The lowest BCUT2D eigenvalue weighted by molar-refractivity contribution is 0.601. The smallest absolute Gasteiger partial charge is 0.263 e. The Morgan fingerprint density at radius 3 is 2.30 bits per heavy atom. The number of nitrogens with one attached hydrogen (secondary N) is 1. The van der Waals surface area contributed by atoms with Crippen LogP contribution in [-0.2, 0) is 16.4 Å². The molecule has 0 spiro atoms. The SMILES string of the molecule is O=S(=O)(Nc1ccc(CCCl)cc1)c1ccccc1Br. The fraction of sp³-hybridized carbons (Fsp3) is 0.143. The van der Waals surface area contributed by atoms with Crippen LogP contribution in [-0.4, -0.2) is 14.3 Å². The fourth-order valence-electron chi connectivity index (χ4n) is 1.72. The third kappa shape index (κ3) is 3.75. The highest BCUT2D eigenvalue weighted by Crippen LogP contribution is 2.23. The molecule has 0 aliphatic heterocycles. The highest BCUT2D eigenvalue weighted by atomic mass is 79.9. The molecule has 0 aliphatic carbocycles. The zero-order valence-corrected chi connectivity index (χ0v) is 13.7. The van der Waals surface area contributed by atoms with Gasteiger partial charge >= 0.3 is 0 Å². The van der Waals surface area contributed by atoms with Crippen molar-refractivity contribution in [2.45, 2.75) is 11.3 Å². The van der Waals surface area contributed by atoms with Gasteiger partial charge in [-0.1, -0.05) is 24.3 Å². The third-order valence-corrected chi connectivity index (χ3v) is 5.30. The first-order chi connectivity index (χ1) is 9.53. The number of aryl methyl sites for hydroxylation is 1. The van der Waals surface area contributed by atoms with E-state index >= 15 is 0 Å². The molecule has 2 aromatic carbocycles. The van der Waals surface area contributed by atoms with Gasteiger partial charge in [-0.2, -0.15) is 0 Å². The maximum absolute atomic E-state index is 12.3. The highest BCUT2D eigenvalue weighted by molar-refractivity contribution is 9.10. The highest BCUT2D eigenvalue weighted by Gasteiger charge is 2.16. The number of sulfonamides is 1. The van der Waals surface area contributed by atoms with Crippen LogP contribution < -0.4 is 4.72 Å². The molecular formula is C14H13BrClNO2S. The lowest BCUT2D eigenvalue weighted by atomic mass is 10.2. The number of rotatable bonds is 5. The van der Waals surface area contributed by atoms with Crippen molar-refractivity contribution in [2.24, 2.45) is 0 Å². The molecular weight excluding hydrogens is 362 g/mol. The second-order valence-corrected chi connectivity index (χ2v) is 7.05. The maximum atomic E-state index is 12.3. The molecule has 0 saturated heterocycles. The van der Waals surface area contributed by atoms with Crippen LogP contribution in [0.5, 0.6) is 0 Å². The van der Waals surface area contributed by atoms with Crippen molar-refractivity contribution in [3.8, 4) is 0 Å². The monoisotopic (exact) mass is 373 g/mol. The van der Waals surface area contributed by atoms with E-state index in [9.17, 15) is 8.42 Å². The molecule has 0 fully saturated rings. The van der Waals surface area contributed by atoms with Gasteiger partial charge in [0, 0.05) is 16.0 Å². The Morgan fingerprint density at radius 2 is 1.70 bits per heavy atom. The van der Waals surface area contributed by atoms with Gasteiger partial charge in [-0.25, -0.2) is 8.42 Å². The number of anilines is 1. The Hall–Kier alpha value is -1.04. The summed E-state index contributed by atoms with van der Waals surface area (Å²) in [4.78, 5) is 0.213. The summed E-state index contributed by atoms with van der Waals surface area (Å²) in [6.45, 7) is 0. The first-order valence-electron chi connectivity index (χ1n) is 5.95. The van der Waals surface area contributed by atoms with Gasteiger partial charge in [-0.05, 0) is 52.2 Å². The van der Waals surface area contributed by atoms with E-state index in [-0.39, 0.29) is 4.90 Å². The molecule has 3 nitrogen and oxygen atoms in total. The average molecular weight is 375 g/mol. The molecule has 0 atom stereocenters. The summed E-state index contributed by atoms with van der Waals surface area (Å²) >= 11 is 8.91. The van der Waals surface area contributed by atoms with E-state index < -0.39 is 10.0 Å². The van der Waals surface area contributed by atoms with E-state index in [1.165, 1.54) is 0 Å². The Morgan fingerprint density at radius 1 is 1.05 bits per heavy atom. The number of hydrogen-bond donors (Lipinski definition) is 1. The fourth-order valence-corrected chi connectivity index (χ4v) is 4.00. The van der Waals surface area contributed by atoms with Crippen molar-refractivity contribution < 1.29 is 8.42 Å². The lowest BCUT2D eigenvalue weighted by Crippen LogP contribution is -2.13. The van der Waals surface area contributed by atoms with E-state index in [4.69, 9.17) is 11.6 Å². The largest absolute Gasteiger partial charge is 0.280 e. The van der Waals surface area contributed by atoms with Crippen molar-refractivity contribution in [3.63, 3.8) is 0 Å². The van der Waals surface area contributed by atoms with Crippen LogP contribution in [0.2, 0.25) is 0 Å². The molecule has 0 bridgehead atoms. The minimum atomic E-state index is -3.59. The minimum Gasteiger partial charge on any atom is -0.280 e. The Bertz CT molecular complexity index is 687. The molecule has 6 heteroatoms. The molecule has 0 saturated carbocycles. The summed E-state index contributed by atoms with van der Waals surface area (Å²) in [5.41, 5.74) is 1.60. The first kappa shape index (κ1) is 15.4. The van der Waals surface area contributed by atoms with Crippen LogP contribution in [0.3, 0.4) is 0 Å². The summed E-state index contributed by atoms with van der Waals surface area (Å²) in [5.74, 6) is 0.544. The predicted molar refractivity (Wildman–Crippen MR) is 85.8 cm³/mol. The summed E-state index contributed by atoms with van der Waals surface area (Å²) in [6, 6.07) is 13.9. The summed E-state index contributed by atoms with van der Waals surface area (Å²) in [5, 5.41) is 0. The molecule has 0 unspecified atom stereocenters. The zero-order chi connectivity index (χ0) is 14.6. The topological polar surface area (TPSA) is 46.2 Å². The molecule has 0 amide bonds. The summed E-state index contributed by atoms with van der Waals surface area (Å²) < 4.78 is 27.6. The van der Waals surface area contributed by atoms with Gasteiger partial charge in [0.05, 0.1) is 0 Å². The van der Waals surface area contributed by atoms with Crippen LogP contribution in [0.1, 0.15) is 5.56 Å². The van der Waals surface area contributed by atoms with Gasteiger partial charge in [0.2, 0.25) is 0 Å². The van der Waals surface area contributed by atoms with Crippen LogP contribution in [0.15, 0.2) is 57.9 Å². The number of hydrogen-bond acceptors (Lipinski definition) is 2. The Balaban J connectivity index is 2.22. The van der Waals surface area contributed by atoms with E-state index in [1.54, 1.807) is 36.4 Å². The second-order valence-electron chi connectivity index (χ2n) is 4.17. The van der Waals surface area contributed by atoms with E-state index in [1.807, 2.05) is 12.1 Å². The van der Waals surface area contributed by atoms with Crippen molar-refractivity contribution in [3.05, 3.63) is 58.6 Å². The molecule has 20 heavy (non-hydrogen) atoms. The molecule has 0 aromatic heterocycles. The van der Waals surface area contributed by atoms with Gasteiger partial charge in [0.1, 0.15) is 4.90 Å². The standard InChI is InChI=1S/C14H13BrClNO2S/c15-13-3-1-2-4-14(13)20(18,19)17-12-7-5-11(6-8-12)9-10-16/h1-8,17H,9-10H2. The molecule has 106 valence electrons. The number of benzene rings is 2. The van der Waals surface area contributed by atoms with Crippen LogP contribution in [0.4, 0.5) is 5.69 Å². The van der Waals surface area contributed by atoms with E-state index in [0.29, 0.717) is 16.0 Å². The van der Waals surface area contributed by atoms with Crippen molar-refractivity contribution >= 4 is 43.2 Å². The lowest BCUT2D eigenvalue weighted by Gasteiger charge is -2.10. The number of halogens is 2. The minimum absolute atomic E-state index is 0.213. The van der Waals surface area contributed by atoms with Gasteiger partial charge < -0.3 is 0 Å². The zero-order valence-electron chi connectivity index (χ0n) is 10.5. The van der Waals surface area contributed by atoms with Gasteiger partial charge in [-0.15, -0.1) is 11.6 Å². The normalized spacial score (nSPS) is 11.3. The molecule has 0 radical (unpaired) electrons. The molecule has 0 aliphatic rings. The predicted octanol–water partition coefficient (Wildman–Crippen LogP) is 4.03. The maximum Gasteiger partial charge on any atom is 0.263 e. The van der Waals surface area contributed by atoms with Gasteiger partial charge in [0.15, 0.2) is 0 Å².